The van der Waals surface area contributed by atoms with Crippen LogP contribution in [0.4, 0.5) is 5.69 Å². The van der Waals surface area contributed by atoms with Crippen LogP contribution in [0.15, 0.2) is 22.7 Å². The molecule has 1 aliphatic heterocycles. The van der Waals surface area contributed by atoms with Crippen LogP contribution < -0.4 is 4.90 Å². The van der Waals surface area contributed by atoms with E-state index in [4.69, 9.17) is 5.26 Å². The van der Waals surface area contributed by atoms with Gasteiger partial charge in [-0.2, -0.15) is 5.26 Å². The molecule has 1 aromatic carbocycles. The summed E-state index contributed by atoms with van der Waals surface area (Å²) in [4.78, 5) is 16.1. The van der Waals surface area contributed by atoms with Crippen LogP contribution in [0.5, 0.6) is 0 Å². The first kappa shape index (κ1) is 14.9. The van der Waals surface area contributed by atoms with Gasteiger partial charge in [-0.1, -0.05) is 22.0 Å². The Balaban J connectivity index is 2.42. The maximum Gasteiger partial charge on any atom is 0.246 e. The van der Waals surface area contributed by atoms with Crippen molar-refractivity contribution in [3.05, 3.63) is 28.2 Å². The fourth-order valence-corrected chi connectivity index (χ4v) is 3.07. The molecule has 1 heterocycles. The molecule has 2 rings (SSSR count). The molecule has 5 heteroatoms. The lowest BCUT2D eigenvalue weighted by molar-refractivity contribution is -0.133. The number of carbonyl (C=O) groups excluding carboxylic acids is 1. The summed E-state index contributed by atoms with van der Waals surface area (Å²) in [7, 11) is 1.80. The first-order valence-electron chi connectivity index (χ1n) is 6.62. The molecule has 1 fully saturated rings. The third-order valence-electron chi connectivity index (χ3n) is 3.75. The van der Waals surface area contributed by atoms with Crippen molar-refractivity contribution in [2.45, 2.75) is 32.4 Å². The average Bonchev–Trinajstić information content (AvgIpc) is 2.40. The summed E-state index contributed by atoms with van der Waals surface area (Å²) in [6.45, 7) is 4.78. The van der Waals surface area contributed by atoms with Gasteiger partial charge in [0.1, 0.15) is 6.04 Å². The molecular weight excluding hydrogens is 318 g/mol. The van der Waals surface area contributed by atoms with Crippen LogP contribution in [0.1, 0.15) is 18.9 Å². The maximum absolute atomic E-state index is 12.3. The molecule has 0 spiro atoms. The number of hydrogen-bond donors (Lipinski definition) is 0. The number of carbonyl (C=O) groups is 1. The van der Waals surface area contributed by atoms with E-state index in [0.29, 0.717) is 6.54 Å². The van der Waals surface area contributed by atoms with Gasteiger partial charge in [0.05, 0.1) is 12.5 Å². The van der Waals surface area contributed by atoms with E-state index in [2.05, 4.69) is 33.8 Å². The van der Waals surface area contributed by atoms with Crippen molar-refractivity contribution < 1.29 is 4.79 Å². The zero-order valence-electron chi connectivity index (χ0n) is 11.9. The van der Waals surface area contributed by atoms with Crippen molar-refractivity contribution >= 4 is 27.5 Å². The molecule has 0 N–H and O–H groups in total. The molecule has 1 saturated heterocycles. The Morgan fingerprint density at radius 3 is 2.80 bits per heavy atom. The van der Waals surface area contributed by atoms with Crippen molar-refractivity contribution in [2.24, 2.45) is 0 Å². The first-order valence-corrected chi connectivity index (χ1v) is 7.41. The monoisotopic (exact) mass is 335 g/mol. The lowest BCUT2D eigenvalue weighted by atomic mass is 10.0. The highest BCUT2D eigenvalue weighted by Crippen LogP contribution is 2.30. The minimum Gasteiger partial charge on any atom is -0.354 e. The second kappa shape index (κ2) is 5.84. The Morgan fingerprint density at radius 1 is 1.50 bits per heavy atom. The van der Waals surface area contributed by atoms with E-state index in [1.54, 1.807) is 11.9 Å². The van der Waals surface area contributed by atoms with Gasteiger partial charge >= 0.3 is 0 Å². The lowest BCUT2D eigenvalue weighted by Gasteiger charge is -2.44. The van der Waals surface area contributed by atoms with Crippen molar-refractivity contribution in [3.63, 3.8) is 0 Å². The SMILES string of the molecule is Cc1ccc(N2C(C)CN(C)C(=O)C2CC#N)cc1Br. The summed E-state index contributed by atoms with van der Waals surface area (Å²) in [6, 6.07) is 7.98. The average molecular weight is 336 g/mol. The van der Waals surface area contributed by atoms with Crippen LogP contribution in [0.25, 0.3) is 0 Å². The van der Waals surface area contributed by atoms with E-state index < -0.39 is 6.04 Å². The van der Waals surface area contributed by atoms with Crippen LogP contribution in [0.3, 0.4) is 0 Å². The van der Waals surface area contributed by atoms with Gasteiger partial charge in [-0.25, -0.2) is 0 Å². The molecule has 1 aliphatic rings. The number of rotatable bonds is 2. The van der Waals surface area contributed by atoms with E-state index >= 15 is 0 Å². The molecule has 0 aliphatic carbocycles. The summed E-state index contributed by atoms with van der Waals surface area (Å²) >= 11 is 3.53. The van der Waals surface area contributed by atoms with E-state index in [-0.39, 0.29) is 18.4 Å². The molecule has 4 nitrogen and oxygen atoms in total. The number of amides is 1. The van der Waals surface area contributed by atoms with Gasteiger partial charge in [0, 0.05) is 29.8 Å². The largest absolute Gasteiger partial charge is 0.354 e. The molecule has 0 saturated carbocycles. The minimum absolute atomic E-state index is 0.0151. The van der Waals surface area contributed by atoms with Crippen LogP contribution in [-0.4, -0.2) is 36.5 Å². The molecule has 0 aromatic heterocycles. The first-order chi connectivity index (χ1) is 9.45. The van der Waals surface area contributed by atoms with Gasteiger partial charge in [0.25, 0.3) is 0 Å². The summed E-state index contributed by atoms with van der Waals surface area (Å²) in [5.74, 6) is 0.0151. The van der Waals surface area contributed by atoms with Gasteiger partial charge in [0.2, 0.25) is 5.91 Å². The third-order valence-corrected chi connectivity index (χ3v) is 4.60. The molecule has 20 heavy (non-hydrogen) atoms. The second-order valence-corrected chi connectivity index (χ2v) is 6.14. The highest BCUT2D eigenvalue weighted by atomic mass is 79.9. The Kier molecular flexibility index (Phi) is 4.34. The second-order valence-electron chi connectivity index (χ2n) is 5.29. The predicted octanol–water partition coefficient (Wildman–Crippen LogP) is 2.71. The number of benzene rings is 1. The van der Waals surface area contributed by atoms with E-state index in [1.807, 2.05) is 25.1 Å². The van der Waals surface area contributed by atoms with Crippen molar-refractivity contribution in [2.75, 3.05) is 18.5 Å². The number of piperazine rings is 1. The number of aryl methyl sites for hydroxylation is 1. The summed E-state index contributed by atoms with van der Waals surface area (Å²) in [5.41, 5.74) is 2.13. The summed E-state index contributed by atoms with van der Waals surface area (Å²) in [5, 5.41) is 9.02. The minimum atomic E-state index is -0.400. The topological polar surface area (TPSA) is 47.3 Å². The smallest absolute Gasteiger partial charge is 0.246 e. The molecule has 2 unspecified atom stereocenters. The van der Waals surface area contributed by atoms with Crippen molar-refractivity contribution in [1.82, 2.24) is 4.90 Å². The van der Waals surface area contributed by atoms with E-state index in [1.165, 1.54) is 0 Å². The molecule has 0 bridgehead atoms. The van der Waals surface area contributed by atoms with Crippen LogP contribution in [0.2, 0.25) is 0 Å². The quantitative estimate of drug-likeness (QED) is 0.834. The molecule has 0 radical (unpaired) electrons. The Morgan fingerprint density at radius 2 is 2.20 bits per heavy atom. The standard InChI is InChI=1S/C15H18BrN3O/c1-10-4-5-12(8-13(10)16)19-11(2)9-18(3)15(20)14(19)6-7-17/h4-5,8,11,14H,6,9H2,1-3H3. The molecule has 1 aromatic rings. The fraction of sp³-hybridized carbons (Fsp3) is 0.467. The zero-order valence-corrected chi connectivity index (χ0v) is 13.5. The Bertz CT molecular complexity index is 567. The summed E-state index contributed by atoms with van der Waals surface area (Å²) < 4.78 is 1.02. The highest BCUT2D eigenvalue weighted by molar-refractivity contribution is 9.10. The molecule has 2 atom stereocenters. The van der Waals surface area contributed by atoms with Gasteiger partial charge in [0.15, 0.2) is 0 Å². The van der Waals surface area contributed by atoms with Gasteiger partial charge in [-0.05, 0) is 31.5 Å². The van der Waals surface area contributed by atoms with Crippen LogP contribution in [-0.2, 0) is 4.79 Å². The number of nitrogens with zero attached hydrogens (tertiary/aromatic N) is 3. The van der Waals surface area contributed by atoms with Gasteiger partial charge in [-0.15, -0.1) is 0 Å². The Hall–Kier alpha value is -1.54. The number of likely N-dealkylation sites (N-methyl/N-ethyl adjacent to an activating group) is 1. The Labute approximate surface area is 128 Å². The number of nitriles is 1. The molecular formula is C15H18BrN3O. The summed E-state index contributed by atoms with van der Waals surface area (Å²) in [6.07, 6.45) is 0.207. The lowest BCUT2D eigenvalue weighted by Crippen LogP contribution is -2.60. The molecule has 1 amide bonds. The number of halogens is 1. The van der Waals surface area contributed by atoms with Gasteiger partial charge in [-0.3, -0.25) is 4.79 Å². The number of anilines is 1. The maximum atomic E-state index is 12.3. The molecule has 106 valence electrons. The zero-order chi connectivity index (χ0) is 14.9. The number of hydrogen-bond acceptors (Lipinski definition) is 3. The van der Waals surface area contributed by atoms with E-state index in [9.17, 15) is 4.79 Å². The van der Waals surface area contributed by atoms with Crippen LogP contribution >= 0.6 is 15.9 Å². The van der Waals surface area contributed by atoms with Gasteiger partial charge < -0.3 is 9.80 Å². The van der Waals surface area contributed by atoms with Crippen molar-refractivity contribution in [1.29, 1.82) is 5.26 Å². The third kappa shape index (κ3) is 2.66. The van der Waals surface area contributed by atoms with E-state index in [0.717, 1.165) is 15.7 Å². The fourth-order valence-electron chi connectivity index (χ4n) is 2.70. The van der Waals surface area contributed by atoms with Crippen LogP contribution in [0, 0.1) is 18.3 Å². The van der Waals surface area contributed by atoms with Crippen molar-refractivity contribution in [3.8, 4) is 6.07 Å². The predicted molar refractivity (Wildman–Crippen MR) is 82.5 cm³/mol. The highest BCUT2D eigenvalue weighted by Gasteiger charge is 2.37. The normalized spacial score (nSPS) is 22.9.